The van der Waals surface area contributed by atoms with Gasteiger partial charge < -0.3 is 19.6 Å². The van der Waals surface area contributed by atoms with Crippen molar-refractivity contribution in [3.05, 3.63) is 246 Å². The minimum absolute atomic E-state index is 0.130. The zero-order valence-electron chi connectivity index (χ0n) is 63.9. The molecule has 0 radical (unpaired) electrons. The fourth-order valence-electron chi connectivity index (χ4n) is 18.7. The zero-order chi connectivity index (χ0) is 72.4. The molecule has 4 aliphatic heterocycles. The maximum Gasteiger partial charge on any atom is 0.0999 e. The van der Waals surface area contributed by atoms with Crippen LogP contribution >= 0.6 is 0 Å². The Morgan fingerprint density at radius 3 is 0.981 bits per heavy atom. The Balaban J connectivity index is 0.000000170. The number of nitriles is 2. The molecule has 0 N–H and O–H groups in total. The van der Waals surface area contributed by atoms with Gasteiger partial charge in [-0.05, 0) is 322 Å². The third-order valence-electron chi connectivity index (χ3n) is 23.1. The summed E-state index contributed by atoms with van der Waals surface area (Å²) in [6.45, 7) is 23.8. The molecule has 6 aromatic carbocycles. The lowest BCUT2D eigenvalue weighted by molar-refractivity contribution is 0.370. The van der Waals surface area contributed by atoms with Gasteiger partial charge in [-0.15, -0.1) is 0 Å². The first-order chi connectivity index (χ1) is 49.8. The van der Waals surface area contributed by atoms with Crippen molar-refractivity contribution in [1.29, 1.82) is 10.5 Å². The number of anilines is 4. The lowest BCUT2D eigenvalue weighted by atomic mass is 9.73. The van der Waals surface area contributed by atoms with E-state index >= 15 is 0 Å². The number of fused-ring (bicyclic) bond motifs is 2. The van der Waals surface area contributed by atoms with Crippen LogP contribution in [0.1, 0.15) is 211 Å². The van der Waals surface area contributed by atoms with E-state index in [-0.39, 0.29) is 21.7 Å². The molecule has 4 aliphatic carbocycles. The maximum absolute atomic E-state index is 10.5. The number of hydrogen-bond acceptors (Lipinski definition) is 8. The van der Waals surface area contributed by atoms with Crippen molar-refractivity contribution in [3.8, 4) is 12.1 Å². The minimum Gasteiger partial charge on any atom is -0.378 e. The molecule has 0 fully saturated rings. The first kappa shape index (κ1) is 69.9. The number of benzene rings is 6. The summed E-state index contributed by atoms with van der Waals surface area (Å²) in [4.78, 5) is 19.7. The van der Waals surface area contributed by atoms with Crippen molar-refractivity contribution in [2.75, 3.05) is 74.0 Å². The number of hydrogen-bond donors (Lipinski definition) is 0. The number of pyridine rings is 2. The van der Waals surface area contributed by atoms with Gasteiger partial charge in [-0.25, -0.2) is 9.97 Å². The highest BCUT2D eigenvalue weighted by Crippen LogP contribution is 2.49. The molecule has 0 saturated carbocycles. The largest absolute Gasteiger partial charge is 0.378 e. The topological polar surface area (TPSA) is 86.3 Å². The second kappa shape index (κ2) is 28.0. The molecule has 104 heavy (non-hydrogen) atoms. The summed E-state index contributed by atoms with van der Waals surface area (Å²) >= 11 is 0. The summed E-state index contributed by atoms with van der Waals surface area (Å²) in [6, 6.07) is 49.5. The molecule has 0 atom stereocenters. The van der Waals surface area contributed by atoms with Gasteiger partial charge in [0.15, 0.2) is 0 Å². The van der Waals surface area contributed by atoms with Crippen molar-refractivity contribution in [2.24, 2.45) is 21.7 Å². The highest BCUT2D eigenvalue weighted by atomic mass is 15.1. The van der Waals surface area contributed by atoms with Crippen LogP contribution in [0.2, 0.25) is 0 Å². The lowest BCUT2D eigenvalue weighted by Crippen LogP contribution is -2.34. The minimum atomic E-state index is 0.130. The fraction of sp³-hybridized carbons (Fsp3) is 0.375. The molecule has 8 nitrogen and oxygen atoms in total. The van der Waals surface area contributed by atoms with E-state index in [9.17, 15) is 10.5 Å². The van der Waals surface area contributed by atoms with Crippen LogP contribution in [-0.2, 0) is 25.7 Å². The van der Waals surface area contributed by atoms with E-state index in [0.29, 0.717) is 11.1 Å². The second-order valence-corrected chi connectivity index (χ2v) is 35.1. The van der Waals surface area contributed by atoms with Gasteiger partial charge in [0.05, 0.1) is 45.7 Å². The summed E-state index contributed by atoms with van der Waals surface area (Å²) in [5.74, 6) is 0. The second-order valence-electron chi connectivity index (χ2n) is 35.1. The van der Waals surface area contributed by atoms with E-state index in [1.165, 1.54) is 161 Å². The number of rotatable bonds is 10. The van der Waals surface area contributed by atoms with Crippen LogP contribution in [0.25, 0.3) is 68.4 Å². The van der Waals surface area contributed by atoms with E-state index in [0.717, 1.165) is 95.7 Å². The number of nitrogens with zero attached hydrogens (tertiary/aromatic N) is 8. The molecule has 8 aliphatic rings. The van der Waals surface area contributed by atoms with E-state index in [2.05, 4.69) is 273 Å². The van der Waals surface area contributed by atoms with Gasteiger partial charge >= 0.3 is 0 Å². The Labute approximate surface area is 619 Å². The normalized spacial score (nSPS) is 20.7. The summed E-state index contributed by atoms with van der Waals surface area (Å²) in [5.41, 5.74) is 35.5. The molecule has 0 spiro atoms. The molecule has 8 aromatic rings. The van der Waals surface area contributed by atoms with Crippen LogP contribution in [0.4, 0.5) is 22.7 Å². The monoisotopic (exact) mass is 1370 g/mol. The third-order valence-corrected chi connectivity index (χ3v) is 23.1. The third kappa shape index (κ3) is 15.3. The van der Waals surface area contributed by atoms with E-state index < -0.39 is 0 Å². The first-order valence-corrected chi connectivity index (χ1v) is 38.6. The van der Waals surface area contributed by atoms with Crippen molar-refractivity contribution in [2.45, 2.75) is 158 Å². The van der Waals surface area contributed by atoms with Crippen LogP contribution in [0.5, 0.6) is 0 Å². The van der Waals surface area contributed by atoms with Crippen molar-refractivity contribution in [3.63, 3.8) is 0 Å². The van der Waals surface area contributed by atoms with Gasteiger partial charge in [-0.3, -0.25) is 0 Å². The molecule has 8 heteroatoms. The van der Waals surface area contributed by atoms with Crippen LogP contribution in [0.15, 0.2) is 168 Å². The van der Waals surface area contributed by atoms with Crippen molar-refractivity contribution in [1.82, 2.24) is 9.97 Å². The molecule has 528 valence electrons. The van der Waals surface area contributed by atoms with Crippen LogP contribution in [0, 0.1) is 44.3 Å². The number of aryl methyl sites for hydroxylation is 4. The van der Waals surface area contributed by atoms with Crippen molar-refractivity contribution >= 4 is 91.2 Å². The number of aromatic nitrogens is 2. The Bertz CT molecular complexity index is 5040. The molecule has 0 saturated heterocycles. The summed E-state index contributed by atoms with van der Waals surface area (Å²) in [6.07, 6.45) is 36.7. The quantitative estimate of drug-likeness (QED) is 0.134. The van der Waals surface area contributed by atoms with Gasteiger partial charge in [0.1, 0.15) is 0 Å². The molecule has 16 rings (SSSR count). The van der Waals surface area contributed by atoms with Crippen LogP contribution in [0.3, 0.4) is 0 Å². The molecule has 2 aromatic heterocycles. The molecular formula is C96H104N8. The molecule has 6 heterocycles. The van der Waals surface area contributed by atoms with E-state index in [1.807, 2.05) is 12.1 Å². The van der Waals surface area contributed by atoms with Crippen LogP contribution in [-0.4, -0.2) is 64.3 Å². The lowest BCUT2D eigenvalue weighted by Gasteiger charge is -2.38. The van der Waals surface area contributed by atoms with Gasteiger partial charge in [0.25, 0.3) is 0 Å². The molecule has 0 amide bonds. The highest BCUT2D eigenvalue weighted by molar-refractivity contribution is 5.91. The predicted octanol–water partition coefficient (Wildman–Crippen LogP) is 22.9. The van der Waals surface area contributed by atoms with Crippen LogP contribution < -0.4 is 19.6 Å². The molecule has 0 unspecified atom stereocenters. The first-order valence-electron chi connectivity index (χ1n) is 38.6. The van der Waals surface area contributed by atoms with Gasteiger partial charge in [0, 0.05) is 87.9 Å². The Morgan fingerprint density at radius 2 is 0.673 bits per heavy atom. The SMILES string of the molecule is CC1(C)CC(c2cc3c4c(c2)CCCN4CCC3)=C/C(=C/c2ccc3nc(/C=C4/C=C(c5cc6c7c(c5)CCCN7CCC6)CC(C)(C)C4)cc(C#N)c3c2)C1.CN(C)c1ccc(C2=C/C(=C/c3ccc4nc(/C=C5/C=C(c6ccc(N(C)C)cc6)CC(C)(C)C5)cc(C#N)c4c3)CC(C)(C)C2)cc1. The average molecular weight is 1370 g/mol. The Hall–Kier alpha value is -9.76. The highest BCUT2D eigenvalue weighted by Gasteiger charge is 2.34. The Morgan fingerprint density at radius 1 is 0.365 bits per heavy atom. The van der Waals surface area contributed by atoms with Gasteiger partial charge in [0.2, 0.25) is 0 Å². The van der Waals surface area contributed by atoms with Gasteiger partial charge in [-0.1, -0.05) is 128 Å². The standard InChI is InChI=1S/C52H56N4.C44H48N4/c1-51(2)29-35(20-43(31-51)41-24-37-9-5-15-55-16-6-10-38(25-41)49(37)55)19-34-13-14-48-47(23-34)45(33-53)28-46(54-48)22-36-21-44(32-52(3,4)30-36)42-26-39-11-7-17-56-18-8-12-40(27-42)50(39)56;1-43(2)25-31(20-35(27-43)33-10-14-39(15-11-33)47(5)6)19-30-9-18-42-41(23-30)37(29-45)24-38(46-42)22-32-21-36(28-44(3,4)26-32)34-12-16-40(17-13-34)48(7)8/h13-14,19-28H,5-12,15-18,29-32H2,1-4H3;9-24H,25-28H2,1-8H3/b35-19-,36-22-;31-19-,32-22-. The maximum atomic E-state index is 10.5. The fourth-order valence-corrected chi connectivity index (χ4v) is 18.7. The molecule has 0 bridgehead atoms. The van der Waals surface area contributed by atoms with E-state index in [4.69, 9.17) is 9.97 Å². The smallest absolute Gasteiger partial charge is 0.0999 e. The Kier molecular flexibility index (Phi) is 18.8. The summed E-state index contributed by atoms with van der Waals surface area (Å²) in [5, 5.41) is 22.5. The summed E-state index contributed by atoms with van der Waals surface area (Å²) in [7, 11) is 8.29. The zero-order valence-corrected chi connectivity index (χ0v) is 63.9. The molecular weight excluding hydrogens is 1270 g/mol. The van der Waals surface area contributed by atoms with E-state index in [1.54, 1.807) is 27.9 Å². The predicted molar refractivity (Wildman–Crippen MR) is 441 cm³/mol. The summed E-state index contributed by atoms with van der Waals surface area (Å²) < 4.78 is 0. The average Bonchev–Trinajstić information content (AvgIpc) is 0.775. The number of allylic oxidation sites excluding steroid dienone is 12. The van der Waals surface area contributed by atoms with Gasteiger partial charge in [-0.2, -0.15) is 10.5 Å². The van der Waals surface area contributed by atoms with Crippen molar-refractivity contribution < 1.29 is 0 Å².